The minimum atomic E-state index is -4.41. The highest BCUT2D eigenvalue weighted by molar-refractivity contribution is 9.10. The minimum Gasteiger partial charge on any atom is -0.384 e. The third-order valence-electron chi connectivity index (χ3n) is 4.49. The lowest BCUT2D eigenvalue weighted by Gasteiger charge is -2.28. The Morgan fingerprint density at radius 3 is 2.32 bits per heavy atom. The Kier molecular flexibility index (Phi) is 6.49. The smallest absolute Gasteiger partial charge is 0.252 e. The maximum Gasteiger partial charge on any atom is 0.252 e. The molecule has 10 heteroatoms. The Morgan fingerprint density at radius 2 is 1.68 bits per heavy atom. The second-order valence-electron chi connectivity index (χ2n) is 6.48. The van der Waals surface area contributed by atoms with E-state index in [1.165, 1.54) is 4.90 Å². The predicted molar refractivity (Wildman–Crippen MR) is 105 cm³/mol. The maximum absolute atomic E-state index is 14.9. The predicted octanol–water partition coefficient (Wildman–Crippen LogP) is 4.14. The second-order valence-corrected chi connectivity index (χ2v) is 9.45. The first kappa shape index (κ1) is 20.9. The summed E-state index contributed by atoms with van der Waals surface area (Å²) in [5.41, 5.74) is 0.647. The van der Waals surface area contributed by atoms with Crippen LogP contribution in [0.1, 0.15) is 19.3 Å². The van der Waals surface area contributed by atoms with Gasteiger partial charge < -0.3 is 10.2 Å². The van der Waals surface area contributed by atoms with Gasteiger partial charge in [-0.25, -0.2) is 17.2 Å². The van der Waals surface area contributed by atoms with Crippen molar-refractivity contribution in [2.45, 2.75) is 24.2 Å². The van der Waals surface area contributed by atoms with E-state index >= 15 is 0 Å². The van der Waals surface area contributed by atoms with Gasteiger partial charge in [0.2, 0.25) is 0 Å². The van der Waals surface area contributed by atoms with Crippen molar-refractivity contribution < 1.29 is 21.6 Å². The molecule has 0 amide bonds. The third kappa shape index (κ3) is 4.60. The van der Waals surface area contributed by atoms with Gasteiger partial charge in [0.05, 0.1) is 5.75 Å². The van der Waals surface area contributed by atoms with Gasteiger partial charge in [-0.05, 0) is 43.5 Å². The van der Waals surface area contributed by atoms with Crippen molar-refractivity contribution in [3.05, 3.63) is 46.3 Å². The molecule has 0 unspecified atom stereocenters. The Morgan fingerprint density at radius 1 is 1.04 bits per heavy atom. The van der Waals surface area contributed by atoms with E-state index in [0.717, 1.165) is 23.7 Å². The summed E-state index contributed by atoms with van der Waals surface area (Å²) >= 11 is 3.29. The molecule has 1 aromatic carbocycles. The van der Waals surface area contributed by atoms with Crippen molar-refractivity contribution in [2.75, 3.05) is 35.6 Å². The van der Waals surface area contributed by atoms with Crippen LogP contribution in [0.4, 0.5) is 24.7 Å². The zero-order valence-corrected chi connectivity index (χ0v) is 17.3. The monoisotopic (exact) mass is 477 g/mol. The van der Waals surface area contributed by atoms with Crippen LogP contribution < -0.4 is 10.2 Å². The first-order chi connectivity index (χ1) is 13.3. The number of nitrogens with one attached hydrogen (secondary N) is 1. The molecule has 2 aromatic rings. The quantitative estimate of drug-likeness (QED) is 0.633. The summed E-state index contributed by atoms with van der Waals surface area (Å²) in [6.07, 6.45) is 2.44. The molecule has 0 radical (unpaired) electrons. The topological polar surface area (TPSA) is 62.3 Å². The molecule has 5 nitrogen and oxygen atoms in total. The number of hydrogen-bond donors (Lipinski definition) is 1. The number of rotatable bonds is 6. The number of piperidine rings is 1. The lowest BCUT2D eigenvalue weighted by atomic mass is 10.1. The first-order valence-corrected chi connectivity index (χ1v) is 11.3. The van der Waals surface area contributed by atoms with Gasteiger partial charge in [0, 0.05) is 29.8 Å². The van der Waals surface area contributed by atoms with Gasteiger partial charge in [-0.2, -0.15) is 9.37 Å². The summed E-state index contributed by atoms with van der Waals surface area (Å²) in [4.78, 5) is 3.54. The molecule has 28 heavy (non-hydrogen) atoms. The maximum atomic E-state index is 14.9. The first-order valence-electron chi connectivity index (χ1n) is 8.81. The molecule has 3 rings (SSSR count). The van der Waals surface area contributed by atoms with E-state index < -0.39 is 43.9 Å². The Hall–Kier alpha value is -1.81. The van der Waals surface area contributed by atoms with Gasteiger partial charge in [0.15, 0.2) is 27.3 Å². The number of nitrogens with zero attached hydrogens (tertiary/aromatic N) is 2. The highest BCUT2D eigenvalue weighted by Crippen LogP contribution is 2.30. The number of benzene rings is 1. The standard InChI is InChI=1S/C18H19BrF3N3O2S/c19-12-4-6-13(7-5-12)23-8-11-28(26,27)16-14(20)17(22)24-18(15(16)21)25-9-2-1-3-10-25/h4-7,23H,1-3,8-11H2. The average molecular weight is 478 g/mol. The average Bonchev–Trinajstić information content (AvgIpc) is 2.67. The van der Waals surface area contributed by atoms with Crippen LogP contribution in [0.3, 0.4) is 0 Å². The molecule has 2 heterocycles. The highest BCUT2D eigenvalue weighted by atomic mass is 79.9. The molecule has 0 atom stereocenters. The van der Waals surface area contributed by atoms with Gasteiger partial charge in [0.1, 0.15) is 4.90 Å². The molecule has 1 fully saturated rings. The molecule has 1 aliphatic heterocycles. The molecular formula is C18H19BrF3N3O2S. The summed E-state index contributed by atoms with van der Waals surface area (Å²) in [6.45, 7) is 0.741. The van der Waals surface area contributed by atoms with Gasteiger partial charge in [-0.15, -0.1) is 0 Å². The summed E-state index contributed by atoms with van der Waals surface area (Å²) in [5.74, 6) is -5.76. The number of hydrogen-bond acceptors (Lipinski definition) is 5. The molecule has 152 valence electrons. The van der Waals surface area contributed by atoms with Crippen molar-refractivity contribution in [3.63, 3.8) is 0 Å². The van der Waals surface area contributed by atoms with Gasteiger partial charge >= 0.3 is 0 Å². The fourth-order valence-electron chi connectivity index (χ4n) is 3.07. The summed E-state index contributed by atoms with van der Waals surface area (Å²) in [7, 11) is -4.41. The Labute approximate surface area is 170 Å². The fraction of sp³-hybridized carbons (Fsp3) is 0.389. The van der Waals surface area contributed by atoms with Crippen LogP contribution in [0.25, 0.3) is 0 Å². The van der Waals surface area contributed by atoms with E-state index in [1.54, 1.807) is 24.3 Å². The van der Waals surface area contributed by atoms with Crippen molar-refractivity contribution in [1.29, 1.82) is 0 Å². The van der Waals surface area contributed by atoms with Crippen molar-refractivity contribution in [1.82, 2.24) is 4.98 Å². The second kappa shape index (κ2) is 8.69. The molecule has 0 aliphatic carbocycles. The minimum absolute atomic E-state index is 0.0914. The Bertz CT molecular complexity index is 950. The number of pyridine rings is 1. The van der Waals surface area contributed by atoms with Gasteiger partial charge in [-0.1, -0.05) is 15.9 Å². The van der Waals surface area contributed by atoms with Crippen LogP contribution in [0.2, 0.25) is 0 Å². The summed E-state index contributed by atoms with van der Waals surface area (Å²) < 4.78 is 69.0. The third-order valence-corrected chi connectivity index (χ3v) is 6.74. The van der Waals surface area contributed by atoms with E-state index in [2.05, 4.69) is 26.2 Å². The van der Waals surface area contributed by atoms with Crippen LogP contribution >= 0.6 is 15.9 Å². The molecular weight excluding hydrogens is 459 g/mol. The number of aromatic nitrogens is 1. The van der Waals surface area contributed by atoms with Crippen LogP contribution in [0, 0.1) is 17.6 Å². The molecule has 1 aromatic heterocycles. The van der Waals surface area contributed by atoms with E-state index in [4.69, 9.17) is 0 Å². The number of halogens is 4. The summed E-state index contributed by atoms with van der Waals surface area (Å²) in [6, 6.07) is 6.97. The summed E-state index contributed by atoms with van der Waals surface area (Å²) in [5, 5.41) is 2.86. The fourth-order valence-corrected chi connectivity index (χ4v) is 4.63. The highest BCUT2D eigenvalue weighted by Gasteiger charge is 2.32. The number of sulfone groups is 1. The van der Waals surface area contributed by atoms with Crippen molar-refractivity contribution in [3.8, 4) is 0 Å². The van der Waals surface area contributed by atoms with E-state index in [0.29, 0.717) is 18.8 Å². The lowest BCUT2D eigenvalue weighted by molar-refractivity contribution is 0.428. The Balaban J connectivity index is 1.83. The molecule has 1 N–H and O–H groups in total. The molecule has 0 bridgehead atoms. The van der Waals surface area contributed by atoms with Crippen molar-refractivity contribution in [2.24, 2.45) is 0 Å². The van der Waals surface area contributed by atoms with E-state index in [9.17, 15) is 21.6 Å². The lowest BCUT2D eigenvalue weighted by Crippen LogP contribution is -2.32. The zero-order valence-electron chi connectivity index (χ0n) is 14.9. The van der Waals surface area contributed by atoms with E-state index in [1.807, 2.05) is 0 Å². The van der Waals surface area contributed by atoms with Crippen molar-refractivity contribution >= 4 is 37.3 Å². The molecule has 1 saturated heterocycles. The van der Waals surface area contributed by atoms with Crippen LogP contribution in [0.5, 0.6) is 0 Å². The van der Waals surface area contributed by atoms with Crippen LogP contribution in [-0.4, -0.2) is 38.8 Å². The molecule has 0 spiro atoms. The SMILES string of the molecule is O=S(=O)(CCNc1ccc(Br)cc1)c1c(F)c(F)nc(N2CCCCC2)c1F. The van der Waals surface area contributed by atoms with Crippen LogP contribution in [-0.2, 0) is 9.84 Å². The van der Waals surface area contributed by atoms with Gasteiger partial charge in [0.25, 0.3) is 5.95 Å². The largest absolute Gasteiger partial charge is 0.384 e. The molecule has 0 saturated carbocycles. The zero-order chi connectivity index (χ0) is 20.3. The number of anilines is 2. The normalized spacial score (nSPS) is 14.9. The van der Waals surface area contributed by atoms with Gasteiger partial charge in [-0.3, -0.25) is 0 Å². The van der Waals surface area contributed by atoms with E-state index in [-0.39, 0.29) is 6.54 Å². The van der Waals surface area contributed by atoms with Crippen LogP contribution in [0.15, 0.2) is 33.6 Å². The molecule has 1 aliphatic rings.